The molecule has 0 bridgehead atoms. The standard InChI is InChI=1S/C17H16F3N3O2/c1-9(2)6-22-16(24)10-5-11(8-21-7-10)17(25)23-13-4-3-12(18)14(19)15(13)20/h3-5,7-9H,6H2,1-2H3,(H,22,24)(H,23,25). The van der Waals surface area contributed by atoms with Gasteiger partial charge in [0.05, 0.1) is 16.8 Å². The molecule has 1 aromatic heterocycles. The summed E-state index contributed by atoms with van der Waals surface area (Å²) in [5.41, 5.74) is -0.390. The molecule has 8 heteroatoms. The van der Waals surface area contributed by atoms with Gasteiger partial charge in [-0.05, 0) is 24.1 Å². The summed E-state index contributed by atoms with van der Waals surface area (Å²) in [4.78, 5) is 27.9. The Morgan fingerprint density at radius 2 is 1.68 bits per heavy atom. The Hall–Kier alpha value is -2.90. The van der Waals surface area contributed by atoms with Crippen molar-refractivity contribution in [1.82, 2.24) is 10.3 Å². The fourth-order valence-electron chi connectivity index (χ4n) is 1.90. The first kappa shape index (κ1) is 18.4. The normalized spacial score (nSPS) is 10.6. The van der Waals surface area contributed by atoms with E-state index in [2.05, 4.69) is 15.6 Å². The maximum Gasteiger partial charge on any atom is 0.257 e. The van der Waals surface area contributed by atoms with E-state index in [0.717, 1.165) is 6.07 Å². The van der Waals surface area contributed by atoms with Crippen LogP contribution in [0.3, 0.4) is 0 Å². The number of nitrogens with one attached hydrogen (secondary N) is 2. The van der Waals surface area contributed by atoms with E-state index in [1.165, 1.54) is 18.5 Å². The monoisotopic (exact) mass is 351 g/mol. The van der Waals surface area contributed by atoms with Crippen LogP contribution in [0.15, 0.2) is 30.6 Å². The third-order valence-corrected chi connectivity index (χ3v) is 3.22. The number of benzene rings is 1. The zero-order valence-corrected chi connectivity index (χ0v) is 13.6. The lowest BCUT2D eigenvalue weighted by Crippen LogP contribution is -2.27. The van der Waals surface area contributed by atoms with Crippen LogP contribution in [0.25, 0.3) is 0 Å². The van der Waals surface area contributed by atoms with Gasteiger partial charge in [0.15, 0.2) is 17.5 Å². The number of amides is 2. The van der Waals surface area contributed by atoms with Gasteiger partial charge in [-0.1, -0.05) is 13.8 Å². The smallest absolute Gasteiger partial charge is 0.257 e. The lowest BCUT2D eigenvalue weighted by Gasteiger charge is -2.09. The van der Waals surface area contributed by atoms with Crippen molar-refractivity contribution in [3.05, 3.63) is 59.2 Å². The van der Waals surface area contributed by atoms with Crippen LogP contribution >= 0.6 is 0 Å². The molecule has 1 aromatic carbocycles. The lowest BCUT2D eigenvalue weighted by atomic mass is 10.1. The van der Waals surface area contributed by atoms with Gasteiger partial charge in [0, 0.05) is 18.9 Å². The Balaban J connectivity index is 2.16. The van der Waals surface area contributed by atoms with Gasteiger partial charge in [-0.15, -0.1) is 0 Å². The van der Waals surface area contributed by atoms with Gasteiger partial charge in [0.2, 0.25) is 0 Å². The van der Waals surface area contributed by atoms with Crippen molar-refractivity contribution in [2.45, 2.75) is 13.8 Å². The molecule has 2 N–H and O–H groups in total. The highest BCUT2D eigenvalue weighted by atomic mass is 19.2. The van der Waals surface area contributed by atoms with Gasteiger partial charge < -0.3 is 10.6 Å². The Morgan fingerprint density at radius 3 is 2.32 bits per heavy atom. The summed E-state index contributed by atoms with van der Waals surface area (Å²) in [6.45, 7) is 4.31. The van der Waals surface area contributed by atoms with E-state index < -0.39 is 35.0 Å². The molecule has 0 radical (unpaired) electrons. The predicted octanol–water partition coefficient (Wildman–Crippen LogP) is 3.14. The van der Waals surface area contributed by atoms with Crippen molar-refractivity contribution in [3.8, 4) is 0 Å². The third kappa shape index (κ3) is 4.56. The van der Waals surface area contributed by atoms with Crippen molar-refractivity contribution in [2.24, 2.45) is 5.92 Å². The summed E-state index contributed by atoms with van der Waals surface area (Å²) in [6.07, 6.45) is 2.46. The number of carbonyl (C=O) groups excluding carboxylic acids is 2. The first-order valence-electron chi connectivity index (χ1n) is 7.47. The van der Waals surface area contributed by atoms with Crippen LogP contribution in [0.1, 0.15) is 34.6 Å². The average Bonchev–Trinajstić information content (AvgIpc) is 2.60. The molecular weight excluding hydrogens is 335 g/mol. The van der Waals surface area contributed by atoms with E-state index in [1.807, 2.05) is 13.8 Å². The maximum absolute atomic E-state index is 13.6. The molecule has 5 nitrogen and oxygen atoms in total. The Kier molecular flexibility index (Phi) is 5.74. The van der Waals surface area contributed by atoms with E-state index >= 15 is 0 Å². The van der Waals surface area contributed by atoms with Crippen LogP contribution in [-0.4, -0.2) is 23.3 Å². The number of rotatable bonds is 5. The molecule has 0 aliphatic carbocycles. The average molecular weight is 351 g/mol. The number of nitrogens with zero attached hydrogens (tertiary/aromatic N) is 1. The van der Waals surface area contributed by atoms with E-state index in [0.29, 0.717) is 12.6 Å². The zero-order chi connectivity index (χ0) is 18.6. The summed E-state index contributed by atoms with van der Waals surface area (Å²) in [5.74, 6) is -5.52. The van der Waals surface area contributed by atoms with Gasteiger partial charge in [0.25, 0.3) is 11.8 Å². The summed E-state index contributed by atoms with van der Waals surface area (Å²) in [7, 11) is 0. The molecule has 0 unspecified atom stereocenters. The van der Waals surface area contributed by atoms with Crippen LogP contribution in [0, 0.1) is 23.4 Å². The number of aromatic nitrogens is 1. The van der Waals surface area contributed by atoms with Gasteiger partial charge in [0.1, 0.15) is 0 Å². The summed E-state index contributed by atoms with van der Waals surface area (Å²) in [5, 5.41) is 4.79. The highest BCUT2D eigenvalue weighted by Crippen LogP contribution is 2.20. The highest BCUT2D eigenvalue weighted by Gasteiger charge is 2.17. The largest absolute Gasteiger partial charge is 0.352 e. The first-order chi connectivity index (χ1) is 11.8. The molecule has 2 amide bonds. The summed E-state index contributed by atoms with van der Waals surface area (Å²) in [6, 6.07) is 2.87. The molecule has 132 valence electrons. The summed E-state index contributed by atoms with van der Waals surface area (Å²) >= 11 is 0. The molecule has 2 aromatic rings. The third-order valence-electron chi connectivity index (χ3n) is 3.22. The molecule has 0 saturated carbocycles. The number of halogens is 3. The minimum Gasteiger partial charge on any atom is -0.352 e. The molecule has 0 saturated heterocycles. The molecule has 1 heterocycles. The first-order valence-corrected chi connectivity index (χ1v) is 7.47. The minimum absolute atomic E-state index is 0.0265. The van der Waals surface area contributed by atoms with E-state index in [9.17, 15) is 22.8 Å². The molecular formula is C17H16F3N3O2. The van der Waals surface area contributed by atoms with Crippen molar-refractivity contribution >= 4 is 17.5 Å². The van der Waals surface area contributed by atoms with Gasteiger partial charge >= 0.3 is 0 Å². The molecule has 0 spiro atoms. The summed E-state index contributed by atoms with van der Waals surface area (Å²) < 4.78 is 39.7. The Labute approximate surface area is 142 Å². The second-order valence-electron chi connectivity index (χ2n) is 5.74. The van der Waals surface area contributed by atoms with E-state index in [1.54, 1.807) is 0 Å². The van der Waals surface area contributed by atoms with E-state index in [-0.39, 0.29) is 17.0 Å². The fourth-order valence-corrected chi connectivity index (χ4v) is 1.90. The highest BCUT2D eigenvalue weighted by molar-refractivity contribution is 6.05. The second-order valence-corrected chi connectivity index (χ2v) is 5.74. The molecule has 0 atom stereocenters. The molecule has 0 fully saturated rings. The maximum atomic E-state index is 13.6. The number of anilines is 1. The Morgan fingerprint density at radius 1 is 1.04 bits per heavy atom. The quantitative estimate of drug-likeness (QED) is 0.813. The van der Waals surface area contributed by atoms with Crippen molar-refractivity contribution in [2.75, 3.05) is 11.9 Å². The van der Waals surface area contributed by atoms with Crippen LogP contribution in [0.2, 0.25) is 0 Å². The van der Waals surface area contributed by atoms with Gasteiger partial charge in [-0.25, -0.2) is 13.2 Å². The van der Waals surface area contributed by atoms with E-state index in [4.69, 9.17) is 0 Å². The van der Waals surface area contributed by atoms with Gasteiger partial charge in [-0.3, -0.25) is 14.6 Å². The van der Waals surface area contributed by atoms with Crippen LogP contribution in [0.4, 0.5) is 18.9 Å². The van der Waals surface area contributed by atoms with Crippen molar-refractivity contribution < 1.29 is 22.8 Å². The van der Waals surface area contributed by atoms with Crippen LogP contribution in [-0.2, 0) is 0 Å². The predicted molar refractivity (Wildman–Crippen MR) is 85.7 cm³/mol. The lowest BCUT2D eigenvalue weighted by molar-refractivity contribution is 0.0948. The SMILES string of the molecule is CC(C)CNC(=O)c1cncc(C(=O)Nc2ccc(F)c(F)c2F)c1. The Bertz CT molecular complexity index is 810. The number of pyridine rings is 1. The minimum atomic E-state index is -1.68. The molecule has 2 rings (SSSR count). The molecule has 0 aliphatic heterocycles. The topological polar surface area (TPSA) is 71.1 Å². The number of hydrogen-bond acceptors (Lipinski definition) is 3. The number of carbonyl (C=O) groups is 2. The van der Waals surface area contributed by atoms with Crippen LogP contribution < -0.4 is 10.6 Å². The van der Waals surface area contributed by atoms with Crippen molar-refractivity contribution in [1.29, 1.82) is 0 Å². The van der Waals surface area contributed by atoms with Gasteiger partial charge in [-0.2, -0.15) is 0 Å². The molecule has 0 aliphatic rings. The zero-order valence-electron chi connectivity index (χ0n) is 13.6. The second kappa shape index (κ2) is 7.78. The van der Waals surface area contributed by atoms with Crippen molar-refractivity contribution in [3.63, 3.8) is 0 Å². The fraction of sp³-hybridized carbons (Fsp3) is 0.235. The molecule has 25 heavy (non-hydrogen) atoms. The number of hydrogen-bond donors (Lipinski definition) is 2. The van der Waals surface area contributed by atoms with Crippen LogP contribution in [0.5, 0.6) is 0 Å².